The molecule has 174 valence electrons. The molecule has 0 radical (unpaired) electrons. The maximum atomic E-state index is 12.7. The lowest BCUT2D eigenvalue weighted by molar-refractivity contribution is 0.410. The second-order valence-corrected chi connectivity index (χ2v) is 12.2. The molecule has 8 heteroatoms. The predicted octanol–water partition coefficient (Wildman–Crippen LogP) is 3.98. The number of piperazine rings is 1. The van der Waals surface area contributed by atoms with Gasteiger partial charge in [0.15, 0.2) is 0 Å². The molecule has 0 unspecified atom stereocenters. The Kier molecular flexibility index (Phi) is 7.38. The molecule has 0 amide bonds. The van der Waals surface area contributed by atoms with Gasteiger partial charge in [-0.05, 0) is 25.0 Å². The van der Waals surface area contributed by atoms with E-state index >= 15 is 0 Å². The van der Waals surface area contributed by atoms with Gasteiger partial charge in [0.2, 0.25) is 0 Å². The lowest BCUT2D eigenvalue weighted by Crippen LogP contribution is -2.43. The van der Waals surface area contributed by atoms with Gasteiger partial charge < -0.3 is 19.5 Å². The quantitative estimate of drug-likeness (QED) is 0.512. The summed E-state index contributed by atoms with van der Waals surface area (Å²) in [6, 6.07) is 14.1. The first-order valence-corrected chi connectivity index (χ1v) is 14.1. The highest BCUT2D eigenvalue weighted by atomic mass is 35.5. The van der Waals surface area contributed by atoms with E-state index in [1.54, 1.807) is 26.6 Å². The minimum atomic E-state index is -2.41. The molecule has 1 aromatic heterocycles. The maximum absolute atomic E-state index is 12.7. The molecule has 0 atom stereocenters. The first-order valence-electron chi connectivity index (χ1n) is 11.1. The summed E-state index contributed by atoms with van der Waals surface area (Å²) < 4.78 is 18.4. The molecule has 4 rings (SSSR count). The van der Waals surface area contributed by atoms with Crippen LogP contribution in [-0.4, -0.2) is 56.6 Å². The Morgan fingerprint density at radius 2 is 1.85 bits per heavy atom. The Balaban J connectivity index is 1.58. The van der Waals surface area contributed by atoms with Crippen molar-refractivity contribution in [2.24, 2.45) is 0 Å². The minimum Gasteiger partial charge on any atom is -0.496 e. The second-order valence-electron chi connectivity index (χ2n) is 8.65. The molecule has 1 aliphatic rings. The van der Waals surface area contributed by atoms with Gasteiger partial charge in [-0.3, -0.25) is 0 Å². The van der Waals surface area contributed by atoms with Crippen molar-refractivity contribution in [2.45, 2.75) is 12.8 Å². The largest absolute Gasteiger partial charge is 0.496 e. The van der Waals surface area contributed by atoms with Gasteiger partial charge in [-0.2, -0.15) is 0 Å². The zero-order chi connectivity index (χ0) is 23.4. The topological polar surface area (TPSA) is 67.3 Å². The SMILES string of the molecule is COc1cc(N2CCNCC2)ccc1Cc1ncc(Cl)c(Cc2ccccc2P(C)(C)=O)n1. The van der Waals surface area contributed by atoms with E-state index in [9.17, 15) is 4.57 Å². The number of benzene rings is 2. The fraction of sp³-hybridized carbons (Fsp3) is 0.360. The number of methoxy groups -OCH3 is 1. The van der Waals surface area contributed by atoms with Gasteiger partial charge in [0.25, 0.3) is 0 Å². The second kappa shape index (κ2) is 10.3. The van der Waals surface area contributed by atoms with Crippen LogP contribution < -0.4 is 20.3 Å². The molecule has 1 N–H and O–H groups in total. The summed E-state index contributed by atoms with van der Waals surface area (Å²) >= 11 is 6.45. The number of nitrogens with zero attached hydrogens (tertiary/aromatic N) is 3. The number of aromatic nitrogens is 2. The van der Waals surface area contributed by atoms with Crippen LogP contribution in [0.25, 0.3) is 0 Å². The molecule has 1 fully saturated rings. The summed E-state index contributed by atoms with van der Waals surface area (Å²) in [5.74, 6) is 1.51. The normalized spacial score (nSPS) is 14.4. The van der Waals surface area contributed by atoms with Crippen molar-refractivity contribution in [1.82, 2.24) is 15.3 Å². The molecular formula is C25H30ClN4O2P. The van der Waals surface area contributed by atoms with Crippen LogP contribution in [0, 0.1) is 0 Å². The van der Waals surface area contributed by atoms with Crippen molar-refractivity contribution < 1.29 is 9.30 Å². The molecule has 0 bridgehead atoms. The van der Waals surface area contributed by atoms with E-state index in [0.717, 1.165) is 59.7 Å². The first kappa shape index (κ1) is 23.7. The summed E-state index contributed by atoms with van der Waals surface area (Å²) in [5, 5.41) is 4.76. The van der Waals surface area contributed by atoms with Gasteiger partial charge in [-0.25, -0.2) is 9.97 Å². The minimum absolute atomic E-state index is 0.509. The molecule has 2 aromatic carbocycles. The van der Waals surface area contributed by atoms with E-state index in [1.807, 2.05) is 24.3 Å². The molecule has 0 aliphatic carbocycles. The third kappa shape index (κ3) is 5.75. The third-order valence-corrected chi connectivity index (χ3v) is 7.81. The highest BCUT2D eigenvalue weighted by Gasteiger charge is 2.18. The van der Waals surface area contributed by atoms with Gasteiger partial charge >= 0.3 is 0 Å². The van der Waals surface area contributed by atoms with Crippen LogP contribution in [0.4, 0.5) is 5.69 Å². The number of hydrogen-bond donors (Lipinski definition) is 1. The maximum Gasteiger partial charge on any atom is 0.133 e. The van der Waals surface area contributed by atoms with Crippen molar-refractivity contribution >= 4 is 29.7 Å². The van der Waals surface area contributed by atoms with Crippen LogP contribution in [0.5, 0.6) is 5.75 Å². The van der Waals surface area contributed by atoms with Crippen LogP contribution >= 0.6 is 18.7 Å². The third-order valence-electron chi connectivity index (χ3n) is 5.90. The van der Waals surface area contributed by atoms with E-state index in [0.29, 0.717) is 23.7 Å². The van der Waals surface area contributed by atoms with E-state index in [2.05, 4.69) is 33.4 Å². The zero-order valence-corrected chi connectivity index (χ0v) is 21.0. The number of nitrogens with one attached hydrogen (secondary N) is 1. The summed E-state index contributed by atoms with van der Waals surface area (Å²) in [6.45, 7) is 7.51. The zero-order valence-electron chi connectivity index (χ0n) is 19.3. The molecule has 0 saturated carbocycles. The van der Waals surface area contributed by atoms with E-state index in [-0.39, 0.29) is 0 Å². The smallest absolute Gasteiger partial charge is 0.133 e. The van der Waals surface area contributed by atoms with E-state index in [4.69, 9.17) is 21.3 Å². The van der Waals surface area contributed by atoms with Gasteiger partial charge in [0.05, 0.1) is 17.8 Å². The number of ether oxygens (including phenoxy) is 1. The molecule has 0 spiro atoms. The Hall–Kier alpha value is -2.40. The average molecular weight is 485 g/mol. The summed E-state index contributed by atoms with van der Waals surface area (Å²) in [7, 11) is -0.719. The van der Waals surface area contributed by atoms with Gasteiger partial charge in [0, 0.05) is 67.8 Å². The highest BCUT2D eigenvalue weighted by Crippen LogP contribution is 2.36. The van der Waals surface area contributed by atoms with Crippen molar-refractivity contribution in [3.63, 3.8) is 0 Å². The lowest BCUT2D eigenvalue weighted by atomic mass is 10.1. The van der Waals surface area contributed by atoms with E-state index in [1.165, 1.54) is 0 Å². The molecule has 6 nitrogen and oxygen atoms in total. The van der Waals surface area contributed by atoms with E-state index < -0.39 is 7.14 Å². The number of anilines is 1. The van der Waals surface area contributed by atoms with Crippen molar-refractivity contribution in [3.05, 3.63) is 76.3 Å². The Morgan fingerprint density at radius 1 is 1.09 bits per heavy atom. The van der Waals surface area contributed by atoms with Crippen molar-refractivity contribution in [3.8, 4) is 5.75 Å². The summed E-state index contributed by atoms with van der Waals surface area (Å²) in [6.07, 6.45) is 2.70. The molecule has 1 aliphatic heterocycles. The Morgan fingerprint density at radius 3 is 2.58 bits per heavy atom. The van der Waals surface area contributed by atoms with Gasteiger partial charge in [-0.15, -0.1) is 0 Å². The Labute approximate surface area is 200 Å². The van der Waals surface area contributed by atoms with Gasteiger partial charge in [-0.1, -0.05) is 41.9 Å². The summed E-state index contributed by atoms with van der Waals surface area (Å²) in [5.41, 5.74) is 3.90. The molecule has 2 heterocycles. The first-order chi connectivity index (χ1) is 15.8. The van der Waals surface area contributed by atoms with Crippen LogP contribution in [0.15, 0.2) is 48.7 Å². The monoisotopic (exact) mass is 484 g/mol. The average Bonchev–Trinajstić information content (AvgIpc) is 2.81. The van der Waals surface area contributed by atoms with Crippen LogP contribution in [0.3, 0.4) is 0 Å². The molecule has 1 saturated heterocycles. The Bertz CT molecular complexity index is 1170. The van der Waals surface area contributed by atoms with Crippen LogP contribution in [0.1, 0.15) is 22.6 Å². The standard InChI is InChI=1S/C25H30ClN4O2P/c1-32-23-16-20(30-12-10-27-11-13-30)9-8-18(23)15-25-28-17-21(26)22(29-25)14-19-6-4-5-7-24(19)33(2,3)31/h4-9,16-17,27H,10-15H2,1-3H3. The number of rotatable bonds is 7. The van der Waals surface area contributed by atoms with Crippen molar-refractivity contribution in [2.75, 3.05) is 51.5 Å². The van der Waals surface area contributed by atoms with Crippen LogP contribution in [-0.2, 0) is 17.4 Å². The van der Waals surface area contributed by atoms with Crippen LogP contribution in [0.2, 0.25) is 5.02 Å². The molecular weight excluding hydrogens is 455 g/mol. The lowest BCUT2D eigenvalue weighted by Gasteiger charge is -2.30. The highest BCUT2D eigenvalue weighted by molar-refractivity contribution is 7.70. The number of halogens is 1. The molecule has 3 aromatic rings. The van der Waals surface area contributed by atoms with Gasteiger partial charge in [0.1, 0.15) is 18.7 Å². The fourth-order valence-corrected chi connectivity index (χ4v) is 5.64. The molecule has 33 heavy (non-hydrogen) atoms. The fourth-order valence-electron chi connectivity index (χ4n) is 4.19. The predicted molar refractivity (Wildman–Crippen MR) is 136 cm³/mol. The number of hydrogen-bond acceptors (Lipinski definition) is 6. The summed E-state index contributed by atoms with van der Waals surface area (Å²) in [4.78, 5) is 11.6. The van der Waals surface area contributed by atoms with Crippen molar-refractivity contribution in [1.29, 1.82) is 0 Å².